The highest BCUT2D eigenvalue weighted by molar-refractivity contribution is 5.85. The van der Waals surface area contributed by atoms with Gasteiger partial charge in [-0.1, -0.05) is 6.07 Å². The molecular weight excluding hydrogens is 136 g/mol. The quantitative estimate of drug-likeness (QED) is 0.475. The van der Waals surface area contributed by atoms with Gasteiger partial charge in [-0.15, -0.1) is 0 Å². The molecule has 2 nitrogen and oxygen atoms in total. The van der Waals surface area contributed by atoms with Crippen molar-refractivity contribution in [2.24, 2.45) is 0 Å². The zero-order valence-electron chi connectivity index (χ0n) is 5.91. The van der Waals surface area contributed by atoms with Crippen molar-refractivity contribution in [3.63, 3.8) is 0 Å². The molecule has 0 amide bonds. The average molecular weight is 142 g/mol. The van der Waals surface area contributed by atoms with Crippen LogP contribution in [0.25, 0.3) is 10.9 Å². The molecule has 1 aromatic heterocycles. The lowest BCUT2D eigenvalue weighted by Gasteiger charge is -2.16. The van der Waals surface area contributed by atoms with Crippen molar-refractivity contribution in [2.45, 2.75) is 6.42 Å². The van der Waals surface area contributed by atoms with Gasteiger partial charge in [0.2, 0.25) is 0 Å². The van der Waals surface area contributed by atoms with E-state index in [-0.39, 0.29) is 0 Å². The molecule has 2 aliphatic rings. The fourth-order valence-electron chi connectivity index (χ4n) is 1.56. The molecule has 0 radical (unpaired) electrons. The molecular formula is C9H6N2. The van der Waals surface area contributed by atoms with Gasteiger partial charge in [-0.05, 0) is 23.6 Å². The lowest BCUT2D eigenvalue weighted by atomic mass is 9.90. The number of nitrogens with zero attached hydrogens (tertiary/aromatic N) is 2. The first kappa shape index (κ1) is 5.24. The molecule has 0 aliphatic heterocycles. The van der Waals surface area contributed by atoms with E-state index in [4.69, 9.17) is 0 Å². The molecule has 1 heterocycles. The van der Waals surface area contributed by atoms with E-state index < -0.39 is 0 Å². The van der Waals surface area contributed by atoms with Crippen molar-refractivity contribution in [1.82, 2.24) is 9.97 Å². The smallest absolute Gasteiger partial charge is 0.116 e. The van der Waals surface area contributed by atoms with Crippen LogP contribution in [0, 0.1) is 0 Å². The zero-order valence-corrected chi connectivity index (χ0v) is 5.91. The number of hydrogen-bond acceptors (Lipinski definition) is 2. The van der Waals surface area contributed by atoms with Crippen molar-refractivity contribution in [1.29, 1.82) is 0 Å². The van der Waals surface area contributed by atoms with Crippen LogP contribution in [0.2, 0.25) is 0 Å². The Hall–Kier alpha value is -1.44. The van der Waals surface area contributed by atoms with Crippen LogP contribution in [0.15, 0.2) is 24.7 Å². The highest BCUT2D eigenvalue weighted by Gasteiger charge is 2.13. The normalized spacial score (nSPS) is 13.1. The van der Waals surface area contributed by atoms with E-state index in [1.165, 1.54) is 16.5 Å². The van der Waals surface area contributed by atoms with Gasteiger partial charge in [0.1, 0.15) is 6.33 Å². The summed E-state index contributed by atoms with van der Waals surface area (Å²) in [5.74, 6) is 0. The summed E-state index contributed by atoms with van der Waals surface area (Å²) in [4.78, 5) is 8.16. The lowest BCUT2D eigenvalue weighted by molar-refractivity contribution is 1.10. The van der Waals surface area contributed by atoms with Crippen molar-refractivity contribution in [3.05, 3.63) is 35.8 Å². The van der Waals surface area contributed by atoms with Gasteiger partial charge < -0.3 is 0 Å². The first-order valence-corrected chi connectivity index (χ1v) is 3.65. The van der Waals surface area contributed by atoms with Gasteiger partial charge in [0.05, 0.1) is 5.52 Å². The standard InChI is InChI=1S/C9H6N2/c1-6-2-7(1)8-4-10-5-11-9(8)3-6/h1,3-5H,2H2. The lowest BCUT2D eigenvalue weighted by Crippen LogP contribution is -2.02. The Morgan fingerprint density at radius 2 is 2.18 bits per heavy atom. The molecule has 4 rings (SSSR count). The SMILES string of the molecule is c1ncc2c3cc(cc2n1)C3. The second-order valence-corrected chi connectivity index (χ2v) is 2.89. The van der Waals surface area contributed by atoms with Crippen LogP contribution in [-0.2, 0) is 6.42 Å². The molecule has 11 heavy (non-hydrogen) atoms. The zero-order chi connectivity index (χ0) is 7.26. The number of benzene rings is 1. The Balaban J connectivity index is 2.57. The molecule has 2 aromatic rings. The maximum absolute atomic E-state index is 4.17. The van der Waals surface area contributed by atoms with Crippen LogP contribution in [-0.4, -0.2) is 9.97 Å². The molecule has 0 fully saturated rings. The Labute approximate surface area is 63.9 Å². The second kappa shape index (κ2) is 1.59. The summed E-state index contributed by atoms with van der Waals surface area (Å²) < 4.78 is 0. The molecule has 0 saturated carbocycles. The Morgan fingerprint density at radius 3 is 3.00 bits per heavy atom. The van der Waals surface area contributed by atoms with Crippen molar-refractivity contribution < 1.29 is 0 Å². The summed E-state index contributed by atoms with van der Waals surface area (Å²) in [5, 5.41) is 1.21. The maximum Gasteiger partial charge on any atom is 0.116 e. The highest BCUT2D eigenvalue weighted by Crippen LogP contribution is 2.28. The molecule has 2 aliphatic carbocycles. The van der Waals surface area contributed by atoms with Crippen molar-refractivity contribution in [2.75, 3.05) is 0 Å². The van der Waals surface area contributed by atoms with Crippen LogP contribution in [0.3, 0.4) is 0 Å². The minimum absolute atomic E-state index is 1.08. The third-order valence-electron chi connectivity index (χ3n) is 2.17. The van der Waals surface area contributed by atoms with Crippen molar-refractivity contribution >= 4 is 10.9 Å². The van der Waals surface area contributed by atoms with Crippen LogP contribution in [0.4, 0.5) is 0 Å². The fraction of sp³-hybridized carbons (Fsp3) is 0.111. The molecule has 1 aromatic carbocycles. The number of aromatic nitrogens is 2. The monoisotopic (exact) mass is 142 g/mol. The number of hydrogen-bond donors (Lipinski definition) is 0. The molecule has 52 valence electrons. The maximum atomic E-state index is 4.17. The summed E-state index contributed by atoms with van der Waals surface area (Å²) in [6.07, 6.45) is 4.60. The van der Waals surface area contributed by atoms with Gasteiger partial charge in [0.25, 0.3) is 0 Å². The van der Waals surface area contributed by atoms with Gasteiger partial charge in [0.15, 0.2) is 0 Å². The van der Waals surface area contributed by atoms with E-state index in [2.05, 4.69) is 22.1 Å². The predicted molar refractivity (Wildman–Crippen MR) is 42.3 cm³/mol. The first-order chi connectivity index (χ1) is 5.43. The van der Waals surface area contributed by atoms with E-state index in [1.54, 1.807) is 6.33 Å². The Morgan fingerprint density at radius 1 is 1.27 bits per heavy atom. The molecule has 0 saturated heterocycles. The van der Waals surface area contributed by atoms with Crippen LogP contribution in [0.1, 0.15) is 11.1 Å². The molecule has 0 spiro atoms. The fourth-order valence-corrected chi connectivity index (χ4v) is 1.56. The van der Waals surface area contributed by atoms with Gasteiger partial charge in [0, 0.05) is 11.6 Å². The summed E-state index contributed by atoms with van der Waals surface area (Å²) in [5.41, 5.74) is 3.86. The second-order valence-electron chi connectivity index (χ2n) is 2.89. The minimum atomic E-state index is 1.08. The molecule has 2 bridgehead atoms. The summed E-state index contributed by atoms with van der Waals surface area (Å²) in [7, 11) is 0. The first-order valence-electron chi connectivity index (χ1n) is 3.65. The highest BCUT2D eigenvalue weighted by atomic mass is 14.8. The van der Waals surface area contributed by atoms with Gasteiger partial charge in [-0.25, -0.2) is 9.97 Å². The van der Waals surface area contributed by atoms with E-state index in [0.717, 1.165) is 11.9 Å². The van der Waals surface area contributed by atoms with Crippen LogP contribution in [0.5, 0.6) is 0 Å². The van der Waals surface area contributed by atoms with Gasteiger partial charge >= 0.3 is 0 Å². The third-order valence-corrected chi connectivity index (χ3v) is 2.17. The summed E-state index contributed by atoms with van der Waals surface area (Å²) in [6.45, 7) is 0. The van der Waals surface area contributed by atoms with Crippen molar-refractivity contribution in [3.8, 4) is 0 Å². The molecule has 0 N–H and O–H groups in total. The largest absolute Gasteiger partial charge is 0.244 e. The van der Waals surface area contributed by atoms with Gasteiger partial charge in [-0.2, -0.15) is 0 Å². The molecule has 2 heteroatoms. The van der Waals surface area contributed by atoms with E-state index in [1.807, 2.05) is 6.20 Å². The molecule has 0 unspecified atom stereocenters. The molecule has 0 atom stereocenters. The van der Waals surface area contributed by atoms with Gasteiger partial charge in [-0.3, -0.25) is 0 Å². The third kappa shape index (κ3) is 0.564. The summed E-state index contributed by atoms with van der Waals surface area (Å²) in [6, 6.07) is 4.33. The minimum Gasteiger partial charge on any atom is -0.244 e. The van der Waals surface area contributed by atoms with E-state index >= 15 is 0 Å². The average Bonchev–Trinajstić information content (AvgIpc) is 2.02. The van der Waals surface area contributed by atoms with E-state index in [9.17, 15) is 0 Å². The Kier molecular flexibility index (Phi) is 0.756. The van der Waals surface area contributed by atoms with E-state index in [0.29, 0.717) is 0 Å². The van der Waals surface area contributed by atoms with Crippen LogP contribution >= 0.6 is 0 Å². The topological polar surface area (TPSA) is 25.8 Å². The predicted octanol–water partition coefficient (Wildman–Crippen LogP) is 1.53. The number of rotatable bonds is 0. The summed E-state index contributed by atoms with van der Waals surface area (Å²) >= 11 is 0. The Bertz CT molecular complexity index is 435. The van der Waals surface area contributed by atoms with Crippen LogP contribution < -0.4 is 0 Å².